The summed E-state index contributed by atoms with van der Waals surface area (Å²) in [5.74, 6) is 0.299. The van der Waals surface area contributed by atoms with Gasteiger partial charge in [0.1, 0.15) is 5.75 Å². The standard InChI is InChI=1S/C18H20O/c1-4-5-8-13(2)14(3)18-16-10-7-6-9-15(16)11-12-17(18)19/h6-12,19H,3-5H2,1-2H3/b13-8-. The third-order valence-electron chi connectivity index (χ3n) is 3.42. The van der Waals surface area contributed by atoms with Crippen LogP contribution in [-0.2, 0) is 0 Å². The largest absolute Gasteiger partial charge is 0.507 e. The summed E-state index contributed by atoms with van der Waals surface area (Å²) in [6.45, 7) is 8.37. The highest BCUT2D eigenvalue weighted by atomic mass is 16.3. The second-order valence-corrected chi connectivity index (χ2v) is 4.84. The minimum atomic E-state index is 0.299. The second kappa shape index (κ2) is 5.75. The lowest BCUT2D eigenvalue weighted by Crippen LogP contribution is -1.89. The van der Waals surface area contributed by atoms with Crippen LogP contribution >= 0.6 is 0 Å². The minimum Gasteiger partial charge on any atom is -0.507 e. The molecule has 2 aromatic rings. The number of rotatable bonds is 4. The summed E-state index contributed by atoms with van der Waals surface area (Å²) >= 11 is 0. The molecule has 1 nitrogen and oxygen atoms in total. The maximum absolute atomic E-state index is 10.2. The van der Waals surface area contributed by atoms with E-state index in [1.165, 1.54) is 0 Å². The van der Waals surface area contributed by atoms with E-state index in [4.69, 9.17) is 0 Å². The number of hydrogen-bond donors (Lipinski definition) is 1. The van der Waals surface area contributed by atoms with Crippen LogP contribution in [0.4, 0.5) is 0 Å². The minimum absolute atomic E-state index is 0.299. The lowest BCUT2D eigenvalue weighted by atomic mass is 9.93. The van der Waals surface area contributed by atoms with Gasteiger partial charge in [0.25, 0.3) is 0 Å². The number of aromatic hydroxyl groups is 1. The van der Waals surface area contributed by atoms with Crippen molar-refractivity contribution < 1.29 is 5.11 Å². The van der Waals surface area contributed by atoms with E-state index in [0.717, 1.165) is 40.3 Å². The third-order valence-corrected chi connectivity index (χ3v) is 3.42. The Kier molecular flexibility index (Phi) is 4.06. The summed E-state index contributed by atoms with van der Waals surface area (Å²) in [5, 5.41) is 12.3. The van der Waals surface area contributed by atoms with E-state index < -0.39 is 0 Å². The molecule has 0 aromatic heterocycles. The molecule has 0 saturated heterocycles. The van der Waals surface area contributed by atoms with Crippen molar-refractivity contribution in [3.8, 4) is 5.75 Å². The molecule has 98 valence electrons. The van der Waals surface area contributed by atoms with Crippen LogP contribution in [0.2, 0.25) is 0 Å². The van der Waals surface area contributed by atoms with Crippen LogP contribution in [0.15, 0.2) is 54.6 Å². The zero-order valence-corrected chi connectivity index (χ0v) is 11.6. The van der Waals surface area contributed by atoms with E-state index in [2.05, 4.69) is 32.6 Å². The molecule has 19 heavy (non-hydrogen) atoms. The number of phenolic OH excluding ortho intramolecular Hbond substituents is 1. The van der Waals surface area contributed by atoms with Crippen LogP contribution in [0.5, 0.6) is 5.75 Å². The monoisotopic (exact) mass is 252 g/mol. The lowest BCUT2D eigenvalue weighted by Gasteiger charge is -2.12. The van der Waals surface area contributed by atoms with Crippen LogP contribution in [0, 0.1) is 0 Å². The average molecular weight is 252 g/mol. The van der Waals surface area contributed by atoms with E-state index in [1.54, 1.807) is 6.07 Å². The van der Waals surface area contributed by atoms with Gasteiger partial charge in [0.05, 0.1) is 0 Å². The van der Waals surface area contributed by atoms with E-state index in [0.29, 0.717) is 5.75 Å². The van der Waals surface area contributed by atoms with Crippen molar-refractivity contribution in [3.63, 3.8) is 0 Å². The molecule has 0 aliphatic heterocycles. The molecule has 0 aliphatic carbocycles. The number of fused-ring (bicyclic) bond motifs is 1. The first-order valence-corrected chi connectivity index (χ1v) is 6.72. The lowest BCUT2D eigenvalue weighted by molar-refractivity contribution is 0.474. The van der Waals surface area contributed by atoms with Crippen LogP contribution in [-0.4, -0.2) is 5.11 Å². The smallest absolute Gasteiger partial charge is 0.124 e. The molecule has 0 amide bonds. The van der Waals surface area contributed by atoms with Gasteiger partial charge in [-0.15, -0.1) is 0 Å². The van der Waals surface area contributed by atoms with Crippen LogP contribution < -0.4 is 0 Å². The highest BCUT2D eigenvalue weighted by Crippen LogP contribution is 2.35. The van der Waals surface area contributed by atoms with Crippen molar-refractivity contribution in [1.29, 1.82) is 0 Å². The first-order valence-electron chi connectivity index (χ1n) is 6.72. The van der Waals surface area contributed by atoms with Gasteiger partial charge >= 0.3 is 0 Å². The van der Waals surface area contributed by atoms with Crippen molar-refractivity contribution in [2.75, 3.05) is 0 Å². The van der Waals surface area contributed by atoms with E-state index in [9.17, 15) is 5.11 Å². The van der Waals surface area contributed by atoms with Gasteiger partial charge in [-0.3, -0.25) is 0 Å². The van der Waals surface area contributed by atoms with E-state index >= 15 is 0 Å². The maximum atomic E-state index is 10.2. The molecule has 0 saturated carbocycles. The first kappa shape index (κ1) is 13.4. The fourth-order valence-electron chi connectivity index (χ4n) is 2.26. The number of phenols is 1. The van der Waals surface area contributed by atoms with Gasteiger partial charge in [-0.25, -0.2) is 0 Å². The quantitative estimate of drug-likeness (QED) is 0.731. The fraction of sp³-hybridized carbons (Fsp3) is 0.222. The van der Waals surface area contributed by atoms with Crippen molar-refractivity contribution in [2.24, 2.45) is 0 Å². The Bertz CT molecular complexity index is 635. The summed E-state index contributed by atoms with van der Waals surface area (Å²) in [6.07, 6.45) is 4.34. The zero-order valence-electron chi connectivity index (χ0n) is 11.6. The highest BCUT2D eigenvalue weighted by molar-refractivity contribution is 5.99. The van der Waals surface area contributed by atoms with Gasteiger partial charge in [0, 0.05) is 5.56 Å². The molecule has 0 unspecified atom stereocenters. The normalized spacial score (nSPS) is 11.8. The van der Waals surface area contributed by atoms with Gasteiger partial charge in [0.15, 0.2) is 0 Å². The van der Waals surface area contributed by atoms with Gasteiger partial charge < -0.3 is 5.11 Å². The predicted octanol–water partition coefficient (Wildman–Crippen LogP) is 5.31. The Balaban J connectivity index is 2.55. The molecular formula is C18H20O. The molecule has 2 aromatic carbocycles. The number of unbranched alkanes of at least 4 members (excludes halogenated alkanes) is 1. The molecular weight excluding hydrogens is 232 g/mol. The summed E-state index contributed by atoms with van der Waals surface area (Å²) in [5.41, 5.74) is 2.89. The van der Waals surface area contributed by atoms with Gasteiger partial charge in [-0.05, 0) is 41.3 Å². The van der Waals surface area contributed by atoms with Crippen molar-refractivity contribution in [2.45, 2.75) is 26.7 Å². The predicted molar refractivity (Wildman–Crippen MR) is 83.3 cm³/mol. The van der Waals surface area contributed by atoms with Gasteiger partial charge in [0.2, 0.25) is 0 Å². The highest BCUT2D eigenvalue weighted by Gasteiger charge is 2.11. The summed E-state index contributed by atoms with van der Waals surface area (Å²) in [7, 11) is 0. The SMILES string of the molecule is C=C(/C(C)=C\CCC)c1c(O)ccc2ccccc12. The Hall–Kier alpha value is -2.02. The van der Waals surface area contributed by atoms with E-state index in [-0.39, 0.29) is 0 Å². The van der Waals surface area contributed by atoms with Crippen LogP contribution in [0.1, 0.15) is 32.3 Å². The number of allylic oxidation sites excluding steroid dienone is 3. The van der Waals surface area contributed by atoms with Gasteiger partial charge in [-0.2, -0.15) is 0 Å². The summed E-state index contributed by atoms with van der Waals surface area (Å²) in [6, 6.07) is 11.8. The summed E-state index contributed by atoms with van der Waals surface area (Å²) in [4.78, 5) is 0. The molecule has 0 bridgehead atoms. The van der Waals surface area contributed by atoms with Crippen LogP contribution in [0.25, 0.3) is 16.3 Å². The molecule has 1 heteroatoms. The maximum Gasteiger partial charge on any atom is 0.124 e. The Morgan fingerprint density at radius 2 is 1.95 bits per heavy atom. The number of benzene rings is 2. The topological polar surface area (TPSA) is 20.2 Å². The molecule has 0 heterocycles. The molecule has 0 atom stereocenters. The van der Waals surface area contributed by atoms with Crippen LogP contribution in [0.3, 0.4) is 0 Å². The fourth-order valence-corrected chi connectivity index (χ4v) is 2.26. The second-order valence-electron chi connectivity index (χ2n) is 4.84. The molecule has 0 aliphatic rings. The molecule has 2 rings (SSSR count). The Labute approximate surface area is 114 Å². The van der Waals surface area contributed by atoms with Crippen molar-refractivity contribution in [3.05, 3.63) is 60.2 Å². The molecule has 0 spiro atoms. The number of hydrogen-bond acceptors (Lipinski definition) is 1. The van der Waals surface area contributed by atoms with Crippen molar-refractivity contribution >= 4 is 16.3 Å². The summed E-state index contributed by atoms with van der Waals surface area (Å²) < 4.78 is 0. The van der Waals surface area contributed by atoms with Crippen molar-refractivity contribution in [1.82, 2.24) is 0 Å². The zero-order chi connectivity index (χ0) is 13.8. The Morgan fingerprint density at radius 1 is 1.21 bits per heavy atom. The average Bonchev–Trinajstić information content (AvgIpc) is 2.44. The third kappa shape index (κ3) is 2.70. The first-order chi connectivity index (χ1) is 9.15. The van der Waals surface area contributed by atoms with Gasteiger partial charge in [-0.1, -0.05) is 56.3 Å². The van der Waals surface area contributed by atoms with E-state index in [1.807, 2.05) is 24.3 Å². The molecule has 0 radical (unpaired) electrons. The molecule has 1 N–H and O–H groups in total. The Morgan fingerprint density at radius 3 is 2.68 bits per heavy atom. The molecule has 0 fully saturated rings.